The van der Waals surface area contributed by atoms with E-state index < -0.39 is 5.97 Å². The zero-order valence-corrected chi connectivity index (χ0v) is 20.7. The van der Waals surface area contributed by atoms with Crippen LogP contribution in [-0.2, 0) is 6.61 Å². The summed E-state index contributed by atoms with van der Waals surface area (Å²) in [5.41, 5.74) is 4.77. The first-order valence-electron chi connectivity index (χ1n) is 12.2. The average Bonchev–Trinajstić information content (AvgIpc) is 3.43. The Bertz CT molecular complexity index is 1340. The number of hydrogen-bond acceptors (Lipinski definition) is 5. The number of carboxylic acids is 1. The van der Waals surface area contributed by atoms with Gasteiger partial charge in [0.15, 0.2) is 5.01 Å². The lowest BCUT2D eigenvalue weighted by Crippen LogP contribution is -2.04. The molecule has 36 heavy (non-hydrogen) atoms. The van der Waals surface area contributed by atoms with Crippen LogP contribution in [0.1, 0.15) is 74.9 Å². The number of ether oxygens (including phenoxy) is 1. The first-order chi connectivity index (χ1) is 17.6. The van der Waals surface area contributed by atoms with Gasteiger partial charge in [-0.1, -0.05) is 55.7 Å². The predicted octanol–water partition coefficient (Wildman–Crippen LogP) is 7.37. The van der Waals surface area contributed by atoms with Crippen molar-refractivity contribution in [3.8, 4) is 17.0 Å². The quantitative estimate of drug-likeness (QED) is 0.257. The smallest absolute Gasteiger partial charge is 0.335 e. The molecule has 1 aliphatic carbocycles. The van der Waals surface area contributed by atoms with E-state index >= 15 is 0 Å². The summed E-state index contributed by atoms with van der Waals surface area (Å²) in [5.74, 6) is 0.239. The Morgan fingerprint density at radius 2 is 1.53 bits per heavy atom. The van der Waals surface area contributed by atoms with Gasteiger partial charge in [0.2, 0.25) is 5.78 Å². The summed E-state index contributed by atoms with van der Waals surface area (Å²) in [6.45, 7) is 0.514. The minimum Gasteiger partial charge on any atom is -0.489 e. The fourth-order valence-corrected chi connectivity index (χ4v) is 5.40. The summed E-state index contributed by atoms with van der Waals surface area (Å²) in [5, 5.41) is 11.2. The minimum absolute atomic E-state index is 0.144. The number of nitrogens with zero attached hydrogens (tertiary/aromatic N) is 1. The number of hydrogen-bond donors (Lipinski definition) is 1. The van der Waals surface area contributed by atoms with Gasteiger partial charge < -0.3 is 9.84 Å². The number of carboxylic acid groups (broad SMARTS) is 1. The lowest BCUT2D eigenvalue weighted by Gasteiger charge is -2.22. The molecule has 1 aromatic heterocycles. The van der Waals surface area contributed by atoms with Crippen LogP contribution in [0, 0.1) is 0 Å². The van der Waals surface area contributed by atoms with Gasteiger partial charge in [-0.3, -0.25) is 4.79 Å². The second kappa shape index (κ2) is 10.9. The van der Waals surface area contributed by atoms with Crippen molar-refractivity contribution in [1.82, 2.24) is 4.98 Å². The highest BCUT2D eigenvalue weighted by atomic mass is 32.1. The third-order valence-electron chi connectivity index (χ3n) is 6.70. The van der Waals surface area contributed by atoms with Gasteiger partial charge in [0.1, 0.15) is 12.4 Å². The molecule has 1 heterocycles. The number of carbonyl (C=O) groups excluding carboxylic acids is 1. The number of rotatable bonds is 8. The molecule has 1 fully saturated rings. The molecule has 0 bridgehead atoms. The first kappa shape index (κ1) is 23.9. The fraction of sp³-hybridized carbons (Fsp3) is 0.233. The molecule has 4 aromatic rings. The number of thiazole rings is 1. The van der Waals surface area contributed by atoms with Gasteiger partial charge in [0.25, 0.3) is 0 Å². The molecule has 1 saturated carbocycles. The molecule has 182 valence electrons. The van der Waals surface area contributed by atoms with Crippen molar-refractivity contribution in [2.24, 2.45) is 0 Å². The van der Waals surface area contributed by atoms with Gasteiger partial charge in [-0.25, -0.2) is 9.78 Å². The van der Waals surface area contributed by atoms with E-state index in [0.717, 1.165) is 22.6 Å². The molecule has 0 saturated heterocycles. The highest BCUT2D eigenvalue weighted by molar-refractivity contribution is 7.12. The lowest BCUT2D eigenvalue weighted by atomic mass is 9.84. The maximum absolute atomic E-state index is 12.7. The highest BCUT2D eigenvalue weighted by Gasteiger charge is 2.16. The van der Waals surface area contributed by atoms with E-state index in [0.29, 0.717) is 23.1 Å². The van der Waals surface area contributed by atoms with E-state index in [1.54, 1.807) is 0 Å². The average molecular weight is 498 g/mol. The summed E-state index contributed by atoms with van der Waals surface area (Å²) >= 11 is 1.27. The van der Waals surface area contributed by atoms with Crippen LogP contribution in [0.2, 0.25) is 0 Å². The van der Waals surface area contributed by atoms with Crippen molar-refractivity contribution in [2.45, 2.75) is 44.6 Å². The summed E-state index contributed by atoms with van der Waals surface area (Å²) in [7, 11) is 0. The van der Waals surface area contributed by atoms with Crippen molar-refractivity contribution in [2.75, 3.05) is 0 Å². The molecule has 1 N–H and O–H groups in total. The zero-order valence-electron chi connectivity index (χ0n) is 19.9. The van der Waals surface area contributed by atoms with Crippen molar-refractivity contribution in [3.05, 3.63) is 105 Å². The van der Waals surface area contributed by atoms with Gasteiger partial charge in [-0.05, 0) is 66.3 Å². The molecule has 0 amide bonds. The largest absolute Gasteiger partial charge is 0.489 e. The summed E-state index contributed by atoms with van der Waals surface area (Å²) in [4.78, 5) is 28.2. The van der Waals surface area contributed by atoms with Crippen LogP contribution in [0.5, 0.6) is 5.75 Å². The van der Waals surface area contributed by atoms with Crippen LogP contribution in [0.25, 0.3) is 11.3 Å². The zero-order chi connectivity index (χ0) is 24.9. The molecular formula is C30H27NO4S. The van der Waals surface area contributed by atoms with Crippen molar-refractivity contribution in [3.63, 3.8) is 0 Å². The van der Waals surface area contributed by atoms with E-state index in [4.69, 9.17) is 9.84 Å². The Morgan fingerprint density at radius 3 is 2.19 bits per heavy atom. The topological polar surface area (TPSA) is 76.5 Å². The fourth-order valence-electron chi connectivity index (χ4n) is 4.61. The van der Waals surface area contributed by atoms with Gasteiger partial charge in [-0.2, -0.15) is 0 Å². The number of aromatic nitrogens is 1. The van der Waals surface area contributed by atoms with Crippen LogP contribution in [-0.4, -0.2) is 21.8 Å². The second-order valence-electron chi connectivity index (χ2n) is 9.14. The van der Waals surface area contributed by atoms with Crippen molar-refractivity contribution >= 4 is 23.1 Å². The number of carbonyl (C=O) groups is 2. The first-order valence-corrected chi connectivity index (χ1v) is 13.1. The molecule has 1 aliphatic rings. The molecule has 0 atom stereocenters. The summed E-state index contributed by atoms with van der Waals surface area (Å²) in [6.07, 6.45) is 6.65. The van der Waals surface area contributed by atoms with E-state index in [1.165, 1.54) is 73.3 Å². The Balaban J connectivity index is 1.18. The molecular weight excluding hydrogens is 470 g/mol. The number of ketones is 1. The van der Waals surface area contributed by atoms with E-state index in [-0.39, 0.29) is 11.3 Å². The Hall–Kier alpha value is -3.77. The van der Waals surface area contributed by atoms with Crippen LogP contribution >= 0.6 is 11.3 Å². The third kappa shape index (κ3) is 5.55. The standard InChI is InChI=1S/C30H27NO4S/c32-28(24-10-12-25(13-11-24)30(33)34)29-31-27(19-36-29)23-14-16-26(17-15-23)35-18-20-6-8-22(9-7-20)21-4-2-1-3-5-21/h6-17,19,21H,1-5,18H2,(H,33,34). The molecule has 0 aliphatic heterocycles. The predicted molar refractivity (Wildman–Crippen MR) is 141 cm³/mol. The van der Waals surface area contributed by atoms with Crippen molar-refractivity contribution < 1.29 is 19.4 Å². The van der Waals surface area contributed by atoms with E-state index in [9.17, 15) is 9.59 Å². The maximum atomic E-state index is 12.7. The SMILES string of the molecule is O=C(O)c1ccc(C(=O)c2nc(-c3ccc(OCc4ccc(C5CCCCC5)cc4)cc3)cs2)cc1. The molecule has 3 aromatic carbocycles. The molecule has 5 rings (SSSR count). The lowest BCUT2D eigenvalue weighted by molar-refractivity contribution is 0.0696. The van der Waals surface area contributed by atoms with Gasteiger partial charge in [-0.15, -0.1) is 11.3 Å². The molecule has 5 nitrogen and oxygen atoms in total. The summed E-state index contributed by atoms with van der Waals surface area (Å²) in [6, 6.07) is 22.4. The second-order valence-corrected chi connectivity index (χ2v) is 10.00. The van der Waals surface area contributed by atoms with Gasteiger partial charge in [0, 0.05) is 16.5 Å². The van der Waals surface area contributed by atoms with Gasteiger partial charge in [0.05, 0.1) is 11.3 Å². The van der Waals surface area contributed by atoms with Crippen LogP contribution in [0.4, 0.5) is 0 Å². The van der Waals surface area contributed by atoms with Gasteiger partial charge >= 0.3 is 5.97 Å². The van der Waals surface area contributed by atoms with E-state index in [1.807, 2.05) is 29.6 Å². The molecule has 0 unspecified atom stereocenters. The highest BCUT2D eigenvalue weighted by Crippen LogP contribution is 2.32. The van der Waals surface area contributed by atoms with Crippen LogP contribution < -0.4 is 4.74 Å². The minimum atomic E-state index is -1.02. The third-order valence-corrected chi connectivity index (χ3v) is 7.55. The summed E-state index contributed by atoms with van der Waals surface area (Å²) < 4.78 is 5.98. The van der Waals surface area contributed by atoms with Crippen LogP contribution in [0.3, 0.4) is 0 Å². The monoisotopic (exact) mass is 497 g/mol. The Morgan fingerprint density at radius 1 is 0.861 bits per heavy atom. The molecule has 6 heteroatoms. The Kier molecular flexibility index (Phi) is 7.23. The number of aromatic carboxylic acids is 1. The van der Waals surface area contributed by atoms with E-state index in [2.05, 4.69) is 29.2 Å². The van der Waals surface area contributed by atoms with Crippen molar-refractivity contribution in [1.29, 1.82) is 0 Å². The van der Waals surface area contributed by atoms with Crippen LogP contribution in [0.15, 0.2) is 78.2 Å². The normalized spacial score (nSPS) is 13.9. The number of benzene rings is 3. The molecule has 0 radical (unpaired) electrons. The Labute approximate surface area is 214 Å². The molecule has 0 spiro atoms. The maximum Gasteiger partial charge on any atom is 0.335 e.